The summed E-state index contributed by atoms with van der Waals surface area (Å²) in [6.45, 7) is 9.07. The highest BCUT2D eigenvalue weighted by molar-refractivity contribution is 5.34. The highest BCUT2D eigenvalue weighted by Crippen LogP contribution is 2.47. The van der Waals surface area contributed by atoms with Gasteiger partial charge in [-0.2, -0.15) is 0 Å². The Hall–Kier alpha value is -1.02. The number of hydrogen-bond acceptors (Lipinski definition) is 2. The lowest BCUT2D eigenvalue weighted by molar-refractivity contribution is 0.151. The summed E-state index contributed by atoms with van der Waals surface area (Å²) in [6.07, 6.45) is 2.59. The first-order chi connectivity index (χ1) is 9.05. The van der Waals surface area contributed by atoms with Gasteiger partial charge in [-0.1, -0.05) is 32.9 Å². The lowest BCUT2D eigenvalue weighted by atomic mass is 9.59. The van der Waals surface area contributed by atoms with Crippen LogP contribution in [0.1, 0.15) is 39.2 Å². The van der Waals surface area contributed by atoms with E-state index in [1.807, 2.05) is 0 Å². The van der Waals surface area contributed by atoms with Crippen LogP contribution in [0.15, 0.2) is 24.3 Å². The van der Waals surface area contributed by atoms with Gasteiger partial charge in [-0.05, 0) is 48.9 Å². The molecule has 2 nitrogen and oxygen atoms in total. The Morgan fingerprint density at radius 3 is 2.37 bits per heavy atom. The van der Waals surface area contributed by atoms with Gasteiger partial charge in [-0.15, -0.1) is 0 Å². The van der Waals surface area contributed by atoms with E-state index >= 15 is 0 Å². The van der Waals surface area contributed by atoms with Crippen LogP contribution < -0.4 is 10.1 Å². The predicted octanol–water partition coefficient (Wildman–Crippen LogP) is 3.61. The molecule has 0 radical (unpaired) electrons. The summed E-state index contributed by atoms with van der Waals surface area (Å²) >= 11 is 0. The van der Waals surface area contributed by atoms with Gasteiger partial charge in [0.15, 0.2) is 0 Å². The Morgan fingerprint density at radius 2 is 1.89 bits per heavy atom. The molecule has 2 heteroatoms. The van der Waals surface area contributed by atoms with Gasteiger partial charge in [0.25, 0.3) is 0 Å². The van der Waals surface area contributed by atoms with E-state index in [4.69, 9.17) is 4.74 Å². The molecule has 1 saturated carbocycles. The van der Waals surface area contributed by atoms with Crippen LogP contribution in [0.25, 0.3) is 0 Å². The van der Waals surface area contributed by atoms with Crippen molar-refractivity contribution in [3.8, 4) is 5.75 Å². The number of ether oxygens (including phenoxy) is 1. The summed E-state index contributed by atoms with van der Waals surface area (Å²) in [5, 5.41) is 3.64. The van der Waals surface area contributed by atoms with Gasteiger partial charge in [0, 0.05) is 12.0 Å². The molecule has 0 aliphatic heterocycles. The highest BCUT2D eigenvalue weighted by Gasteiger charge is 2.42. The molecule has 1 aromatic rings. The van der Waals surface area contributed by atoms with Crippen LogP contribution in [0.5, 0.6) is 5.75 Å². The summed E-state index contributed by atoms with van der Waals surface area (Å²) in [7, 11) is 1.72. The molecule has 19 heavy (non-hydrogen) atoms. The number of rotatable bonds is 6. The molecule has 0 unspecified atom stereocenters. The number of hydrogen-bond donors (Lipinski definition) is 1. The zero-order valence-corrected chi connectivity index (χ0v) is 12.7. The largest absolute Gasteiger partial charge is 0.497 e. The van der Waals surface area contributed by atoms with E-state index in [-0.39, 0.29) is 0 Å². The number of benzene rings is 1. The topological polar surface area (TPSA) is 21.3 Å². The van der Waals surface area contributed by atoms with Crippen molar-refractivity contribution in [2.24, 2.45) is 11.8 Å². The first-order valence-electron chi connectivity index (χ1n) is 7.41. The van der Waals surface area contributed by atoms with Crippen molar-refractivity contribution in [1.29, 1.82) is 0 Å². The van der Waals surface area contributed by atoms with Crippen molar-refractivity contribution < 1.29 is 4.74 Å². The molecule has 0 atom stereocenters. The van der Waals surface area contributed by atoms with E-state index in [2.05, 4.69) is 50.4 Å². The Labute approximate surface area is 117 Å². The van der Waals surface area contributed by atoms with Crippen LogP contribution in [0.4, 0.5) is 0 Å². The Balaban J connectivity index is 2.05. The first kappa shape index (κ1) is 14.4. The fourth-order valence-corrected chi connectivity index (χ4v) is 3.30. The lowest BCUT2D eigenvalue weighted by Gasteiger charge is -2.47. The van der Waals surface area contributed by atoms with Gasteiger partial charge >= 0.3 is 0 Å². The molecule has 0 bridgehead atoms. The molecule has 0 saturated heterocycles. The van der Waals surface area contributed by atoms with Crippen molar-refractivity contribution in [2.45, 2.75) is 39.0 Å². The average molecular weight is 261 g/mol. The predicted molar refractivity (Wildman–Crippen MR) is 80.8 cm³/mol. The summed E-state index contributed by atoms with van der Waals surface area (Å²) < 4.78 is 5.25. The summed E-state index contributed by atoms with van der Waals surface area (Å²) in [5.41, 5.74) is 1.81. The summed E-state index contributed by atoms with van der Waals surface area (Å²) in [5.74, 6) is 2.51. The van der Waals surface area contributed by atoms with Gasteiger partial charge in [-0.25, -0.2) is 0 Å². The molecule has 106 valence electrons. The third-order valence-electron chi connectivity index (χ3n) is 4.20. The van der Waals surface area contributed by atoms with E-state index in [0.717, 1.165) is 24.8 Å². The molecule has 2 rings (SSSR count). The highest BCUT2D eigenvalue weighted by atomic mass is 16.5. The lowest BCUT2D eigenvalue weighted by Crippen LogP contribution is -2.48. The zero-order valence-electron chi connectivity index (χ0n) is 12.7. The molecule has 0 spiro atoms. The van der Waals surface area contributed by atoms with Crippen molar-refractivity contribution in [1.82, 2.24) is 5.32 Å². The zero-order chi connectivity index (χ0) is 13.9. The van der Waals surface area contributed by atoms with Gasteiger partial charge in [0.2, 0.25) is 0 Å². The van der Waals surface area contributed by atoms with E-state index in [1.54, 1.807) is 7.11 Å². The van der Waals surface area contributed by atoms with Crippen molar-refractivity contribution in [3.05, 3.63) is 29.8 Å². The van der Waals surface area contributed by atoms with Gasteiger partial charge in [0.1, 0.15) is 5.75 Å². The van der Waals surface area contributed by atoms with Crippen LogP contribution in [-0.2, 0) is 5.41 Å². The monoisotopic (exact) mass is 261 g/mol. The Kier molecular flexibility index (Phi) is 4.51. The third kappa shape index (κ3) is 3.30. The van der Waals surface area contributed by atoms with Crippen molar-refractivity contribution in [2.75, 3.05) is 20.2 Å². The first-order valence-corrected chi connectivity index (χ1v) is 7.41. The quantitative estimate of drug-likeness (QED) is 0.844. The molecule has 0 heterocycles. The van der Waals surface area contributed by atoms with Gasteiger partial charge < -0.3 is 10.1 Å². The smallest absolute Gasteiger partial charge is 0.118 e. The minimum absolute atomic E-state index is 0.348. The van der Waals surface area contributed by atoms with Crippen LogP contribution in [0.3, 0.4) is 0 Å². The average Bonchev–Trinajstić information content (AvgIpc) is 2.36. The summed E-state index contributed by atoms with van der Waals surface area (Å²) in [6, 6.07) is 8.65. The number of nitrogens with one attached hydrogen (secondary N) is 1. The van der Waals surface area contributed by atoms with Crippen molar-refractivity contribution >= 4 is 0 Å². The Morgan fingerprint density at radius 1 is 1.26 bits per heavy atom. The molecule has 1 N–H and O–H groups in total. The molecule has 1 aliphatic rings. The van der Waals surface area contributed by atoms with Crippen LogP contribution in [0, 0.1) is 11.8 Å². The molecular weight excluding hydrogens is 234 g/mol. The Bertz CT molecular complexity index is 390. The number of methoxy groups -OCH3 is 1. The second-order valence-corrected chi connectivity index (χ2v) is 6.55. The molecular formula is C17H27NO. The third-order valence-corrected chi connectivity index (χ3v) is 4.20. The SMILES string of the molecule is COc1ccc(C2(CNCC(C)C)CC(C)C2)cc1. The standard InChI is InChI=1S/C17H27NO/c1-13(2)11-18-12-17(9-14(3)10-17)15-5-7-16(19-4)8-6-15/h5-8,13-14,18H,9-12H2,1-4H3. The fraction of sp³-hybridized carbons (Fsp3) is 0.647. The van der Waals surface area contributed by atoms with Gasteiger partial charge in [0.05, 0.1) is 7.11 Å². The molecule has 0 amide bonds. The van der Waals surface area contributed by atoms with E-state index < -0.39 is 0 Å². The molecule has 0 aromatic heterocycles. The maximum absolute atomic E-state index is 5.25. The maximum Gasteiger partial charge on any atom is 0.118 e. The van der Waals surface area contributed by atoms with E-state index in [9.17, 15) is 0 Å². The van der Waals surface area contributed by atoms with Crippen LogP contribution in [0.2, 0.25) is 0 Å². The van der Waals surface area contributed by atoms with Gasteiger partial charge in [-0.3, -0.25) is 0 Å². The fourth-order valence-electron chi connectivity index (χ4n) is 3.30. The second kappa shape index (κ2) is 5.96. The minimum Gasteiger partial charge on any atom is -0.497 e. The molecule has 1 fully saturated rings. The van der Waals surface area contributed by atoms with Crippen LogP contribution in [-0.4, -0.2) is 20.2 Å². The minimum atomic E-state index is 0.348. The molecule has 1 aliphatic carbocycles. The normalized spacial score (nSPS) is 26.3. The van der Waals surface area contributed by atoms with Crippen molar-refractivity contribution in [3.63, 3.8) is 0 Å². The molecule has 1 aromatic carbocycles. The maximum atomic E-state index is 5.25. The summed E-state index contributed by atoms with van der Waals surface area (Å²) in [4.78, 5) is 0. The second-order valence-electron chi connectivity index (χ2n) is 6.55. The van der Waals surface area contributed by atoms with Crippen LogP contribution >= 0.6 is 0 Å². The van der Waals surface area contributed by atoms with E-state index in [1.165, 1.54) is 18.4 Å². The van der Waals surface area contributed by atoms with E-state index in [0.29, 0.717) is 11.3 Å².